The van der Waals surface area contributed by atoms with Gasteiger partial charge in [-0.2, -0.15) is 0 Å². The van der Waals surface area contributed by atoms with Crippen LogP contribution in [0.2, 0.25) is 0 Å². The molecule has 4 rings (SSSR count). The number of nitrogens with one attached hydrogen (secondary N) is 2. The maximum absolute atomic E-state index is 12.4. The van der Waals surface area contributed by atoms with E-state index in [0.717, 1.165) is 44.2 Å². The van der Waals surface area contributed by atoms with Crippen LogP contribution in [0.3, 0.4) is 0 Å². The van der Waals surface area contributed by atoms with Crippen LogP contribution in [0, 0.1) is 11.3 Å². The van der Waals surface area contributed by atoms with Crippen molar-refractivity contribution in [1.82, 2.24) is 19.9 Å². The maximum atomic E-state index is 12.4. The number of hydrogen-bond donors (Lipinski definition) is 3. The lowest BCUT2D eigenvalue weighted by molar-refractivity contribution is 0.226. The summed E-state index contributed by atoms with van der Waals surface area (Å²) in [6.07, 6.45) is 5.96. The first-order chi connectivity index (χ1) is 12.9. The number of imidazole rings is 1. The Bertz CT molecular complexity index is 872. The lowest BCUT2D eigenvalue weighted by Gasteiger charge is -2.20. The smallest absolute Gasteiger partial charge is 0.279 e. The van der Waals surface area contributed by atoms with Crippen LogP contribution in [0.4, 0.5) is 14.6 Å². The minimum atomic E-state index is -2.80. The van der Waals surface area contributed by atoms with Crippen molar-refractivity contribution < 1.29 is 8.78 Å². The van der Waals surface area contributed by atoms with Gasteiger partial charge in [-0.05, 0) is 37.3 Å². The molecule has 9 heteroatoms. The van der Waals surface area contributed by atoms with E-state index in [9.17, 15) is 8.78 Å². The van der Waals surface area contributed by atoms with Crippen LogP contribution in [0.15, 0.2) is 24.7 Å². The van der Waals surface area contributed by atoms with E-state index >= 15 is 0 Å². The SMILES string of the molecule is N=C(/C=C\c1ncc(-c2cc(N3CCC(C4(N)CC4)C3)ncn2)[nH]1)C(F)F. The van der Waals surface area contributed by atoms with Crippen molar-refractivity contribution in [1.29, 1.82) is 5.41 Å². The Kier molecular flexibility index (Phi) is 4.47. The highest BCUT2D eigenvalue weighted by atomic mass is 19.3. The van der Waals surface area contributed by atoms with E-state index in [2.05, 4.69) is 24.8 Å². The molecule has 1 unspecified atom stereocenters. The Morgan fingerprint density at radius 3 is 2.93 bits per heavy atom. The quantitative estimate of drug-likeness (QED) is 0.674. The second-order valence-corrected chi connectivity index (χ2v) is 7.20. The number of hydrogen-bond acceptors (Lipinski definition) is 6. The number of aromatic nitrogens is 4. The third-order valence-corrected chi connectivity index (χ3v) is 5.33. The molecule has 1 aliphatic heterocycles. The average Bonchev–Trinajstić information content (AvgIpc) is 3.08. The monoisotopic (exact) mass is 373 g/mol. The number of anilines is 1. The van der Waals surface area contributed by atoms with Gasteiger partial charge in [0.15, 0.2) is 0 Å². The largest absolute Gasteiger partial charge is 0.356 e. The molecule has 142 valence electrons. The van der Waals surface area contributed by atoms with E-state index in [-0.39, 0.29) is 5.54 Å². The van der Waals surface area contributed by atoms with Gasteiger partial charge in [0.1, 0.15) is 18.0 Å². The molecular weight excluding hydrogens is 352 g/mol. The first kappa shape index (κ1) is 17.7. The molecule has 27 heavy (non-hydrogen) atoms. The predicted molar refractivity (Wildman–Crippen MR) is 98.9 cm³/mol. The summed E-state index contributed by atoms with van der Waals surface area (Å²) in [7, 11) is 0. The zero-order valence-electron chi connectivity index (χ0n) is 14.7. The zero-order chi connectivity index (χ0) is 19.0. The second kappa shape index (κ2) is 6.80. The van der Waals surface area contributed by atoms with Gasteiger partial charge in [-0.25, -0.2) is 23.7 Å². The van der Waals surface area contributed by atoms with Crippen LogP contribution in [0.25, 0.3) is 17.5 Å². The number of rotatable bonds is 6. The van der Waals surface area contributed by atoms with Gasteiger partial charge in [-0.15, -0.1) is 0 Å². The molecule has 0 aromatic carbocycles. The van der Waals surface area contributed by atoms with E-state index in [4.69, 9.17) is 11.1 Å². The summed E-state index contributed by atoms with van der Waals surface area (Å²) in [4.78, 5) is 18.0. The normalized spacial score (nSPS) is 21.3. The molecule has 2 aromatic heterocycles. The Morgan fingerprint density at radius 1 is 1.37 bits per heavy atom. The third kappa shape index (κ3) is 3.73. The zero-order valence-corrected chi connectivity index (χ0v) is 14.7. The predicted octanol–water partition coefficient (Wildman–Crippen LogP) is 2.48. The number of nitrogens with two attached hydrogens (primary N) is 1. The number of halogens is 2. The summed E-state index contributed by atoms with van der Waals surface area (Å²) >= 11 is 0. The molecule has 0 bridgehead atoms. The van der Waals surface area contributed by atoms with Crippen molar-refractivity contribution in [2.45, 2.75) is 31.2 Å². The number of alkyl halides is 2. The fourth-order valence-corrected chi connectivity index (χ4v) is 3.45. The molecule has 1 aliphatic carbocycles. The van der Waals surface area contributed by atoms with Gasteiger partial charge < -0.3 is 15.6 Å². The summed E-state index contributed by atoms with van der Waals surface area (Å²) in [5.41, 5.74) is 6.94. The summed E-state index contributed by atoms with van der Waals surface area (Å²) in [6.45, 7) is 1.83. The summed E-state index contributed by atoms with van der Waals surface area (Å²) < 4.78 is 24.7. The van der Waals surface area contributed by atoms with Gasteiger partial charge in [-0.1, -0.05) is 0 Å². The fourth-order valence-electron chi connectivity index (χ4n) is 3.45. The molecule has 7 nitrogen and oxygen atoms in total. The van der Waals surface area contributed by atoms with Crippen molar-refractivity contribution >= 4 is 17.6 Å². The van der Waals surface area contributed by atoms with Crippen molar-refractivity contribution in [3.8, 4) is 11.4 Å². The van der Waals surface area contributed by atoms with E-state index in [1.54, 1.807) is 6.20 Å². The topological polar surface area (TPSA) is 108 Å². The molecule has 4 N–H and O–H groups in total. The van der Waals surface area contributed by atoms with Gasteiger partial charge in [0, 0.05) is 24.7 Å². The van der Waals surface area contributed by atoms with Gasteiger partial charge in [0.2, 0.25) is 0 Å². The minimum Gasteiger partial charge on any atom is -0.356 e. The summed E-state index contributed by atoms with van der Waals surface area (Å²) in [5.74, 6) is 1.73. The van der Waals surface area contributed by atoms with Crippen LogP contribution >= 0.6 is 0 Å². The first-order valence-corrected chi connectivity index (χ1v) is 8.90. The molecule has 1 atom stereocenters. The molecule has 2 fully saturated rings. The lowest BCUT2D eigenvalue weighted by atomic mass is 9.98. The Hall–Kier alpha value is -2.68. The van der Waals surface area contributed by atoms with Crippen LogP contribution in [0.1, 0.15) is 25.1 Å². The van der Waals surface area contributed by atoms with Crippen LogP contribution in [-0.2, 0) is 0 Å². The molecule has 2 aromatic rings. The average molecular weight is 373 g/mol. The standard InChI is InChI=1S/C18H21F2N7/c19-17(20)12(21)1-2-15-23-8-14(26-15)13-7-16(25-10-24-13)27-6-3-11(9-27)18(22)4-5-18/h1-2,7-8,10-11,17,21H,3-6,9,22H2,(H,23,26)/b2-1-,21-12?. The Labute approximate surface area is 155 Å². The highest BCUT2D eigenvalue weighted by Crippen LogP contribution is 2.44. The molecular formula is C18H21F2N7. The number of H-pyrrole nitrogens is 1. The van der Waals surface area contributed by atoms with E-state index in [1.807, 2.05) is 6.07 Å². The van der Waals surface area contributed by atoms with E-state index in [0.29, 0.717) is 23.1 Å². The van der Waals surface area contributed by atoms with Gasteiger partial charge in [0.25, 0.3) is 6.43 Å². The number of allylic oxidation sites excluding steroid dienone is 1. The van der Waals surface area contributed by atoms with Gasteiger partial charge >= 0.3 is 0 Å². The Morgan fingerprint density at radius 2 is 2.19 bits per heavy atom. The van der Waals surface area contributed by atoms with Crippen molar-refractivity contribution in [2.24, 2.45) is 11.7 Å². The fraction of sp³-hybridized carbons (Fsp3) is 0.444. The highest BCUT2D eigenvalue weighted by molar-refractivity contribution is 5.97. The van der Waals surface area contributed by atoms with Gasteiger partial charge in [-0.3, -0.25) is 5.41 Å². The minimum absolute atomic E-state index is 0.0150. The molecule has 2 aliphatic rings. The van der Waals surface area contributed by atoms with E-state index in [1.165, 1.54) is 12.4 Å². The molecule has 1 saturated carbocycles. The molecule has 0 amide bonds. The first-order valence-electron chi connectivity index (χ1n) is 8.90. The third-order valence-electron chi connectivity index (χ3n) is 5.33. The molecule has 0 spiro atoms. The molecule has 0 radical (unpaired) electrons. The lowest BCUT2D eigenvalue weighted by Crippen LogP contribution is -2.34. The maximum Gasteiger partial charge on any atom is 0.279 e. The summed E-state index contributed by atoms with van der Waals surface area (Å²) in [6, 6.07) is 1.89. The summed E-state index contributed by atoms with van der Waals surface area (Å²) in [5, 5.41) is 7.14. The number of aromatic amines is 1. The van der Waals surface area contributed by atoms with Crippen LogP contribution in [0.5, 0.6) is 0 Å². The van der Waals surface area contributed by atoms with Crippen molar-refractivity contribution in [2.75, 3.05) is 18.0 Å². The van der Waals surface area contributed by atoms with Crippen LogP contribution in [-0.4, -0.2) is 50.7 Å². The number of nitrogens with zero attached hydrogens (tertiary/aromatic N) is 4. The van der Waals surface area contributed by atoms with Crippen molar-refractivity contribution in [3.63, 3.8) is 0 Å². The molecule has 3 heterocycles. The second-order valence-electron chi connectivity index (χ2n) is 7.20. The van der Waals surface area contributed by atoms with Crippen molar-refractivity contribution in [3.05, 3.63) is 30.5 Å². The van der Waals surface area contributed by atoms with Gasteiger partial charge in [0.05, 0.1) is 23.3 Å². The highest BCUT2D eigenvalue weighted by Gasteiger charge is 2.48. The van der Waals surface area contributed by atoms with Crippen LogP contribution < -0.4 is 10.6 Å². The molecule has 1 saturated heterocycles. The Balaban J connectivity index is 1.48. The van der Waals surface area contributed by atoms with E-state index < -0.39 is 12.1 Å².